The smallest absolute Gasteiger partial charge is 0.339 e. The minimum absolute atomic E-state index is 0.00405. The van der Waals surface area contributed by atoms with Gasteiger partial charge in [0.15, 0.2) is 12.4 Å². The molecule has 0 unspecified atom stereocenters. The van der Waals surface area contributed by atoms with Crippen molar-refractivity contribution in [1.82, 2.24) is 0 Å². The molecule has 0 radical (unpaired) electrons. The highest BCUT2D eigenvalue weighted by Crippen LogP contribution is 2.16. The molecule has 0 aliphatic rings. The Morgan fingerprint density at radius 2 is 1.66 bits per heavy atom. The number of carbonyl (C=O) groups is 4. The molecule has 0 atom stereocenters. The van der Waals surface area contributed by atoms with E-state index in [-0.39, 0.29) is 29.9 Å². The number of aryl methyl sites for hydroxylation is 2. The first kappa shape index (κ1) is 21.8. The van der Waals surface area contributed by atoms with Gasteiger partial charge in [0.2, 0.25) is 0 Å². The maximum atomic E-state index is 12.3. The molecule has 0 saturated heterocycles. The molecule has 29 heavy (non-hydrogen) atoms. The zero-order valence-electron chi connectivity index (χ0n) is 16.6. The molecular formula is C22H23NO6. The van der Waals surface area contributed by atoms with Crippen LogP contribution in [-0.4, -0.2) is 37.3 Å². The molecule has 0 saturated carbocycles. The number of ether oxygens (including phenoxy) is 2. The SMILES string of the molecule is COC(=O)c1ccccc1NC(=O)COC(=O)CCC(=O)c1cc(C)ccc1C. The Labute approximate surface area is 169 Å². The van der Waals surface area contributed by atoms with Gasteiger partial charge in [-0.05, 0) is 37.6 Å². The molecule has 0 heterocycles. The summed E-state index contributed by atoms with van der Waals surface area (Å²) in [6, 6.07) is 11.9. The van der Waals surface area contributed by atoms with Crippen molar-refractivity contribution in [3.63, 3.8) is 0 Å². The lowest BCUT2D eigenvalue weighted by Crippen LogP contribution is -2.22. The highest BCUT2D eigenvalue weighted by atomic mass is 16.5. The number of para-hydroxylation sites is 1. The number of methoxy groups -OCH3 is 1. The van der Waals surface area contributed by atoms with E-state index in [1.165, 1.54) is 19.2 Å². The Hall–Kier alpha value is -3.48. The van der Waals surface area contributed by atoms with E-state index in [1.807, 2.05) is 26.0 Å². The average Bonchev–Trinajstić information content (AvgIpc) is 2.72. The Morgan fingerprint density at radius 1 is 0.931 bits per heavy atom. The first-order valence-electron chi connectivity index (χ1n) is 9.05. The summed E-state index contributed by atoms with van der Waals surface area (Å²) < 4.78 is 9.58. The van der Waals surface area contributed by atoms with Gasteiger partial charge in [0.1, 0.15) is 0 Å². The summed E-state index contributed by atoms with van der Waals surface area (Å²) in [7, 11) is 1.24. The standard InChI is InChI=1S/C22H23NO6/c1-14-8-9-15(2)17(12-14)19(24)10-11-21(26)29-13-20(25)23-18-7-5-4-6-16(18)22(27)28-3/h4-9,12H,10-11,13H2,1-3H3,(H,23,25). The van der Waals surface area contributed by atoms with Crippen LogP contribution >= 0.6 is 0 Å². The van der Waals surface area contributed by atoms with Crippen molar-refractivity contribution in [1.29, 1.82) is 0 Å². The summed E-state index contributed by atoms with van der Waals surface area (Å²) in [4.78, 5) is 47.9. The van der Waals surface area contributed by atoms with E-state index in [4.69, 9.17) is 4.74 Å². The highest BCUT2D eigenvalue weighted by Gasteiger charge is 2.16. The van der Waals surface area contributed by atoms with Gasteiger partial charge in [-0.25, -0.2) is 4.79 Å². The van der Waals surface area contributed by atoms with Crippen molar-refractivity contribution >= 4 is 29.3 Å². The van der Waals surface area contributed by atoms with Crippen molar-refractivity contribution in [3.05, 3.63) is 64.7 Å². The van der Waals surface area contributed by atoms with Gasteiger partial charge < -0.3 is 14.8 Å². The van der Waals surface area contributed by atoms with E-state index >= 15 is 0 Å². The van der Waals surface area contributed by atoms with Crippen molar-refractivity contribution in [2.75, 3.05) is 19.0 Å². The molecule has 2 aromatic carbocycles. The monoisotopic (exact) mass is 397 g/mol. The number of nitrogens with one attached hydrogen (secondary N) is 1. The number of rotatable bonds is 8. The Bertz CT molecular complexity index is 935. The lowest BCUT2D eigenvalue weighted by Gasteiger charge is -2.10. The number of esters is 2. The largest absolute Gasteiger partial charge is 0.465 e. The topological polar surface area (TPSA) is 98.8 Å². The van der Waals surface area contributed by atoms with Crippen LogP contribution in [0.3, 0.4) is 0 Å². The molecule has 0 fully saturated rings. The second-order valence-corrected chi connectivity index (χ2v) is 6.49. The molecule has 1 amide bonds. The summed E-state index contributed by atoms with van der Waals surface area (Å²) >= 11 is 0. The van der Waals surface area contributed by atoms with Gasteiger partial charge in [0.25, 0.3) is 5.91 Å². The third-order valence-corrected chi connectivity index (χ3v) is 4.22. The zero-order chi connectivity index (χ0) is 21.4. The molecule has 0 spiro atoms. The van der Waals surface area contributed by atoms with Gasteiger partial charge in [-0.3, -0.25) is 14.4 Å². The number of amides is 1. The maximum absolute atomic E-state index is 12.3. The van der Waals surface area contributed by atoms with Gasteiger partial charge in [-0.15, -0.1) is 0 Å². The van der Waals surface area contributed by atoms with E-state index in [2.05, 4.69) is 10.1 Å². The summed E-state index contributed by atoms with van der Waals surface area (Å²) in [5.41, 5.74) is 2.83. The van der Waals surface area contributed by atoms with Crippen molar-refractivity contribution in [3.8, 4) is 0 Å². The van der Waals surface area contributed by atoms with Crippen LogP contribution < -0.4 is 5.32 Å². The van der Waals surface area contributed by atoms with Gasteiger partial charge in [0.05, 0.1) is 24.8 Å². The Kier molecular flexibility index (Phi) is 7.65. The van der Waals surface area contributed by atoms with Crippen LogP contribution in [0.4, 0.5) is 5.69 Å². The molecule has 152 valence electrons. The van der Waals surface area contributed by atoms with E-state index in [9.17, 15) is 19.2 Å². The fourth-order valence-corrected chi connectivity index (χ4v) is 2.67. The number of Topliss-reactive ketones (excluding diaryl/α,β-unsaturated/α-hetero) is 1. The lowest BCUT2D eigenvalue weighted by atomic mass is 9.99. The summed E-state index contributed by atoms with van der Waals surface area (Å²) in [6.45, 7) is 3.20. The maximum Gasteiger partial charge on any atom is 0.339 e. The number of benzene rings is 2. The van der Waals surface area contributed by atoms with Crippen LogP contribution in [0.25, 0.3) is 0 Å². The van der Waals surface area contributed by atoms with E-state index in [1.54, 1.807) is 18.2 Å². The van der Waals surface area contributed by atoms with E-state index in [0.717, 1.165) is 11.1 Å². The molecule has 0 aliphatic heterocycles. The van der Waals surface area contributed by atoms with Crippen LogP contribution in [0.15, 0.2) is 42.5 Å². The van der Waals surface area contributed by atoms with Crippen LogP contribution in [0, 0.1) is 13.8 Å². The fraction of sp³-hybridized carbons (Fsp3) is 0.273. The van der Waals surface area contributed by atoms with E-state index < -0.39 is 24.5 Å². The number of carbonyl (C=O) groups excluding carboxylic acids is 4. The van der Waals surface area contributed by atoms with Crippen LogP contribution in [0.2, 0.25) is 0 Å². The molecule has 2 aromatic rings. The summed E-state index contributed by atoms with van der Waals surface area (Å²) in [5, 5.41) is 2.50. The predicted octanol–water partition coefficient (Wildman–Crippen LogP) is 3.23. The van der Waals surface area contributed by atoms with Gasteiger partial charge in [0, 0.05) is 12.0 Å². The fourth-order valence-electron chi connectivity index (χ4n) is 2.67. The quantitative estimate of drug-likeness (QED) is 0.542. The molecule has 1 N–H and O–H groups in total. The predicted molar refractivity (Wildman–Crippen MR) is 107 cm³/mol. The lowest BCUT2D eigenvalue weighted by molar-refractivity contribution is -0.147. The first-order chi connectivity index (χ1) is 13.8. The number of ketones is 1. The zero-order valence-corrected chi connectivity index (χ0v) is 16.6. The second kappa shape index (κ2) is 10.2. The molecule has 7 heteroatoms. The molecule has 7 nitrogen and oxygen atoms in total. The third kappa shape index (κ3) is 6.27. The molecule has 0 aromatic heterocycles. The molecule has 2 rings (SSSR count). The summed E-state index contributed by atoms with van der Waals surface area (Å²) in [5.74, 6) is -2.00. The first-order valence-corrected chi connectivity index (χ1v) is 9.05. The number of hydrogen-bond donors (Lipinski definition) is 1. The average molecular weight is 397 g/mol. The minimum Gasteiger partial charge on any atom is -0.465 e. The van der Waals surface area contributed by atoms with Gasteiger partial charge in [-0.2, -0.15) is 0 Å². The van der Waals surface area contributed by atoms with Crippen molar-refractivity contribution in [2.24, 2.45) is 0 Å². The second-order valence-electron chi connectivity index (χ2n) is 6.49. The Balaban J connectivity index is 1.84. The van der Waals surface area contributed by atoms with Crippen molar-refractivity contribution < 1.29 is 28.7 Å². The highest BCUT2D eigenvalue weighted by molar-refractivity contribution is 6.02. The number of hydrogen-bond acceptors (Lipinski definition) is 6. The van der Waals surface area contributed by atoms with Crippen LogP contribution in [0.5, 0.6) is 0 Å². The van der Waals surface area contributed by atoms with Gasteiger partial charge >= 0.3 is 11.9 Å². The normalized spacial score (nSPS) is 10.2. The van der Waals surface area contributed by atoms with Crippen LogP contribution in [-0.2, 0) is 19.1 Å². The Morgan fingerprint density at radius 3 is 2.38 bits per heavy atom. The third-order valence-electron chi connectivity index (χ3n) is 4.22. The minimum atomic E-state index is -0.653. The molecule has 0 aliphatic carbocycles. The number of anilines is 1. The molecule has 0 bridgehead atoms. The van der Waals surface area contributed by atoms with Crippen LogP contribution in [0.1, 0.15) is 44.7 Å². The van der Waals surface area contributed by atoms with E-state index in [0.29, 0.717) is 5.56 Å². The summed E-state index contributed by atoms with van der Waals surface area (Å²) in [6.07, 6.45) is -0.131. The van der Waals surface area contributed by atoms with Crippen molar-refractivity contribution in [2.45, 2.75) is 26.7 Å². The molecular weight excluding hydrogens is 374 g/mol. The van der Waals surface area contributed by atoms with Gasteiger partial charge in [-0.1, -0.05) is 29.8 Å².